The van der Waals surface area contributed by atoms with E-state index in [0.717, 1.165) is 13.0 Å². The minimum absolute atomic E-state index is 1.05. The van der Waals surface area contributed by atoms with Crippen LogP contribution >= 0.6 is 0 Å². The summed E-state index contributed by atoms with van der Waals surface area (Å²) >= 11 is 0. The third-order valence-electron chi connectivity index (χ3n) is 3.62. The molecule has 0 saturated carbocycles. The van der Waals surface area contributed by atoms with Crippen molar-refractivity contribution >= 4 is 10.9 Å². The van der Waals surface area contributed by atoms with Gasteiger partial charge in [0.25, 0.3) is 0 Å². The first-order valence-corrected chi connectivity index (χ1v) is 6.15. The molecule has 0 radical (unpaired) electrons. The molecule has 1 heterocycles. The Hall–Kier alpha value is -1.28. The molecule has 2 aromatic rings. The lowest BCUT2D eigenvalue weighted by Crippen LogP contribution is -2.09. The summed E-state index contributed by atoms with van der Waals surface area (Å²) in [6.45, 7) is 1.05. The zero-order valence-corrected chi connectivity index (χ0v) is 9.77. The van der Waals surface area contributed by atoms with Gasteiger partial charge in [0.1, 0.15) is 0 Å². The van der Waals surface area contributed by atoms with Crippen LogP contribution in [0.1, 0.15) is 23.1 Å². The number of rotatable bonds is 3. The third-order valence-corrected chi connectivity index (χ3v) is 3.62. The smallest absolute Gasteiger partial charge is 0.0459 e. The minimum atomic E-state index is 1.05. The molecule has 2 N–H and O–H groups in total. The molecule has 3 rings (SSSR count). The van der Waals surface area contributed by atoms with Gasteiger partial charge in [-0.1, -0.05) is 0 Å². The van der Waals surface area contributed by atoms with E-state index in [1.807, 2.05) is 7.05 Å². The maximum absolute atomic E-state index is 3.40. The summed E-state index contributed by atoms with van der Waals surface area (Å²) in [7, 11) is 2.01. The number of hydrogen-bond donors (Lipinski definition) is 2. The fourth-order valence-electron chi connectivity index (χ4n) is 2.72. The topological polar surface area (TPSA) is 27.8 Å². The molecule has 0 atom stereocenters. The molecule has 0 fully saturated rings. The largest absolute Gasteiger partial charge is 0.361 e. The predicted octanol–water partition coefficient (Wildman–Crippen LogP) is 2.42. The van der Waals surface area contributed by atoms with Crippen molar-refractivity contribution in [1.82, 2.24) is 10.3 Å². The molecule has 1 aromatic carbocycles. The molecular formula is C14H18N2. The minimum Gasteiger partial charge on any atom is -0.361 e. The molecule has 1 aromatic heterocycles. The molecule has 0 spiro atoms. The fourth-order valence-corrected chi connectivity index (χ4v) is 2.72. The first-order chi connectivity index (χ1) is 7.88. The second-order valence-corrected chi connectivity index (χ2v) is 4.69. The molecule has 16 heavy (non-hydrogen) atoms. The van der Waals surface area contributed by atoms with Gasteiger partial charge in [0.15, 0.2) is 0 Å². The van der Waals surface area contributed by atoms with Crippen molar-refractivity contribution in [2.75, 3.05) is 13.6 Å². The number of nitrogens with one attached hydrogen (secondary N) is 2. The maximum atomic E-state index is 3.40. The van der Waals surface area contributed by atoms with Crippen molar-refractivity contribution in [2.24, 2.45) is 0 Å². The van der Waals surface area contributed by atoms with Crippen molar-refractivity contribution in [3.63, 3.8) is 0 Å². The van der Waals surface area contributed by atoms with Gasteiger partial charge in [-0.3, -0.25) is 0 Å². The summed E-state index contributed by atoms with van der Waals surface area (Å²) < 4.78 is 0. The van der Waals surface area contributed by atoms with Crippen molar-refractivity contribution in [3.8, 4) is 0 Å². The zero-order chi connectivity index (χ0) is 11.0. The van der Waals surface area contributed by atoms with Crippen LogP contribution in [-0.4, -0.2) is 18.6 Å². The first-order valence-electron chi connectivity index (χ1n) is 6.15. The molecular weight excluding hydrogens is 196 g/mol. The van der Waals surface area contributed by atoms with Gasteiger partial charge in [0.2, 0.25) is 0 Å². The summed E-state index contributed by atoms with van der Waals surface area (Å²) in [5.74, 6) is 0. The van der Waals surface area contributed by atoms with Crippen LogP contribution in [0, 0.1) is 0 Å². The van der Waals surface area contributed by atoms with Crippen LogP contribution in [-0.2, 0) is 19.3 Å². The van der Waals surface area contributed by atoms with Crippen molar-refractivity contribution in [3.05, 3.63) is 35.0 Å². The van der Waals surface area contributed by atoms with E-state index in [9.17, 15) is 0 Å². The van der Waals surface area contributed by atoms with Gasteiger partial charge in [-0.15, -0.1) is 0 Å². The highest BCUT2D eigenvalue weighted by Crippen LogP contribution is 2.28. The molecule has 84 valence electrons. The van der Waals surface area contributed by atoms with Crippen LogP contribution in [0.2, 0.25) is 0 Å². The van der Waals surface area contributed by atoms with E-state index in [4.69, 9.17) is 0 Å². The molecule has 0 aliphatic heterocycles. The van der Waals surface area contributed by atoms with E-state index in [-0.39, 0.29) is 0 Å². The van der Waals surface area contributed by atoms with Crippen molar-refractivity contribution < 1.29 is 0 Å². The van der Waals surface area contributed by atoms with Crippen molar-refractivity contribution in [1.29, 1.82) is 0 Å². The summed E-state index contributed by atoms with van der Waals surface area (Å²) in [6.07, 6.45) is 7.12. The highest BCUT2D eigenvalue weighted by atomic mass is 14.8. The van der Waals surface area contributed by atoms with Gasteiger partial charge in [-0.2, -0.15) is 0 Å². The normalized spacial score (nSPS) is 14.6. The van der Waals surface area contributed by atoms with Crippen LogP contribution in [0.4, 0.5) is 0 Å². The number of benzene rings is 1. The van der Waals surface area contributed by atoms with E-state index in [0.29, 0.717) is 0 Å². The highest BCUT2D eigenvalue weighted by Gasteiger charge is 2.13. The van der Waals surface area contributed by atoms with Crippen LogP contribution in [0.5, 0.6) is 0 Å². The Morgan fingerprint density at radius 1 is 1.25 bits per heavy atom. The number of aryl methyl sites for hydroxylation is 2. The van der Waals surface area contributed by atoms with Gasteiger partial charge < -0.3 is 10.3 Å². The molecule has 1 aliphatic rings. The first kappa shape index (κ1) is 9.91. The molecule has 2 nitrogen and oxygen atoms in total. The fraction of sp³-hybridized carbons (Fsp3) is 0.429. The number of hydrogen-bond acceptors (Lipinski definition) is 1. The van der Waals surface area contributed by atoms with Crippen LogP contribution < -0.4 is 5.32 Å². The zero-order valence-electron chi connectivity index (χ0n) is 9.77. The lowest BCUT2D eigenvalue weighted by molar-refractivity contribution is 0.795. The predicted molar refractivity (Wildman–Crippen MR) is 68.0 cm³/mol. The summed E-state index contributed by atoms with van der Waals surface area (Å²) in [6, 6.07) is 4.75. The molecule has 0 amide bonds. The second-order valence-electron chi connectivity index (χ2n) is 4.69. The Kier molecular flexibility index (Phi) is 2.44. The van der Waals surface area contributed by atoms with E-state index in [2.05, 4.69) is 28.6 Å². The molecule has 2 heteroatoms. The summed E-state index contributed by atoms with van der Waals surface area (Å²) in [5.41, 5.74) is 5.87. The molecule has 0 bridgehead atoms. The average Bonchev–Trinajstić information content (AvgIpc) is 2.89. The monoisotopic (exact) mass is 214 g/mol. The molecule has 0 unspecified atom stereocenters. The Labute approximate surface area is 96.1 Å². The van der Waals surface area contributed by atoms with Gasteiger partial charge in [-0.25, -0.2) is 0 Å². The van der Waals surface area contributed by atoms with Crippen LogP contribution in [0.25, 0.3) is 10.9 Å². The Morgan fingerprint density at radius 2 is 2.06 bits per heavy atom. The van der Waals surface area contributed by atoms with Gasteiger partial charge in [-0.05, 0) is 68.1 Å². The lowest BCUT2D eigenvalue weighted by atomic mass is 10.0. The SMILES string of the molecule is CNCCc1c[nH]c2cc3c(cc12)CCC3. The molecule has 0 saturated heterocycles. The van der Waals surface area contributed by atoms with Crippen LogP contribution in [0.3, 0.4) is 0 Å². The second kappa shape index (κ2) is 3.95. The average molecular weight is 214 g/mol. The maximum Gasteiger partial charge on any atom is 0.0459 e. The number of fused-ring (bicyclic) bond motifs is 2. The Bertz CT molecular complexity index is 511. The Morgan fingerprint density at radius 3 is 2.88 bits per heavy atom. The highest BCUT2D eigenvalue weighted by molar-refractivity contribution is 5.85. The van der Waals surface area contributed by atoms with Gasteiger partial charge in [0, 0.05) is 17.1 Å². The van der Waals surface area contributed by atoms with E-state index in [1.165, 1.54) is 35.7 Å². The van der Waals surface area contributed by atoms with E-state index >= 15 is 0 Å². The summed E-state index contributed by atoms with van der Waals surface area (Å²) in [4.78, 5) is 3.40. The van der Waals surface area contributed by atoms with Gasteiger partial charge in [0.05, 0.1) is 0 Å². The van der Waals surface area contributed by atoms with E-state index in [1.54, 1.807) is 11.1 Å². The standard InChI is InChI=1S/C14H18N2/c1-15-6-5-12-9-16-14-8-11-4-2-3-10(11)7-13(12)14/h7-9,15-16H,2-6H2,1H3. The van der Waals surface area contributed by atoms with Crippen LogP contribution in [0.15, 0.2) is 18.3 Å². The Balaban J connectivity index is 2.05. The van der Waals surface area contributed by atoms with Crippen molar-refractivity contribution in [2.45, 2.75) is 25.7 Å². The number of aromatic amines is 1. The van der Waals surface area contributed by atoms with Gasteiger partial charge >= 0.3 is 0 Å². The molecule has 1 aliphatic carbocycles. The number of aromatic nitrogens is 1. The quantitative estimate of drug-likeness (QED) is 0.807. The third kappa shape index (κ3) is 1.54. The lowest BCUT2D eigenvalue weighted by Gasteiger charge is -2.02. The number of H-pyrrole nitrogens is 1. The summed E-state index contributed by atoms with van der Waals surface area (Å²) in [5, 5.41) is 4.64. The number of likely N-dealkylation sites (N-methyl/N-ethyl adjacent to an activating group) is 1. The van der Waals surface area contributed by atoms with E-state index < -0.39 is 0 Å².